The van der Waals surface area contributed by atoms with Crippen LogP contribution in [0.15, 0.2) is 58.4 Å². The molecule has 1 amide bonds. The highest BCUT2D eigenvalue weighted by atomic mass is 32.2. The van der Waals surface area contributed by atoms with Crippen molar-refractivity contribution in [1.29, 1.82) is 0 Å². The molecular weight excluding hydrogens is 393 g/mol. The Morgan fingerprint density at radius 2 is 1.79 bits per heavy atom. The van der Waals surface area contributed by atoms with Crippen molar-refractivity contribution < 1.29 is 17.6 Å². The summed E-state index contributed by atoms with van der Waals surface area (Å²) in [6.07, 6.45) is 0.472. The molecular formula is C21H24FN3O3S. The van der Waals surface area contributed by atoms with E-state index >= 15 is 0 Å². The standard InChI is InChI=1S/C21H24FN3O3S/c1-14(2)12-18(21(26)25(3)13-15-8-10-16(22)11-9-15)23-20-17-6-4-5-7-19(17)29(27,28)24-20/h4-11,14,18H,12-13H2,1-3H3,(H,23,24). The van der Waals surface area contributed by atoms with Crippen LogP contribution in [-0.2, 0) is 21.4 Å². The molecule has 0 radical (unpaired) electrons. The molecule has 1 aliphatic heterocycles. The van der Waals surface area contributed by atoms with Crippen LogP contribution in [0.2, 0.25) is 0 Å². The summed E-state index contributed by atoms with van der Waals surface area (Å²) in [6.45, 7) is 4.27. The number of sulfonamides is 1. The first-order chi connectivity index (χ1) is 13.7. The molecule has 1 N–H and O–H groups in total. The van der Waals surface area contributed by atoms with Crippen LogP contribution in [-0.4, -0.2) is 38.2 Å². The van der Waals surface area contributed by atoms with Crippen LogP contribution in [0.25, 0.3) is 0 Å². The average Bonchev–Trinajstić information content (AvgIpc) is 2.92. The maximum absolute atomic E-state index is 13.1. The fourth-order valence-electron chi connectivity index (χ4n) is 3.24. The molecule has 8 heteroatoms. The summed E-state index contributed by atoms with van der Waals surface area (Å²) >= 11 is 0. The van der Waals surface area contributed by atoms with Crippen LogP contribution in [0, 0.1) is 11.7 Å². The number of hydrogen-bond acceptors (Lipinski definition) is 4. The van der Waals surface area contributed by atoms with Gasteiger partial charge in [-0.1, -0.05) is 38.1 Å². The lowest BCUT2D eigenvalue weighted by molar-refractivity contribution is -0.132. The number of hydrogen-bond donors (Lipinski definition) is 1. The van der Waals surface area contributed by atoms with Crippen molar-refractivity contribution in [1.82, 2.24) is 9.62 Å². The van der Waals surface area contributed by atoms with Gasteiger partial charge >= 0.3 is 0 Å². The number of likely N-dealkylation sites (N-methyl/N-ethyl adjacent to an activating group) is 1. The SMILES string of the molecule is CC(C)CC(N=C1NS(=O)(=O)c2ccccc21)C(=O)N(C)Cc1ccc(F)cc1. The van der Waals surface area contributed by atoms with E-state index < -0.39 is 16.1 Å². The van der Waals surface area contributed by atoms with Gasteiger partial charge < -0.3 is 4.90 Å². The van der Waals surface area contributed by atoms with E-state index in [4.69, 9.17) is 0 Å². The molecule has 0 fully saturated rings. The molecule has 2 aromatic carbocycles. The molecule has 1 atom stereocenters. The lowest BCUT2D eigenvalue weighted by Crippen LogP contribution is -2.37. The number of nitrogens with one attached hydrogen (secondary N) is 1. The second-order valence-corrected chi connectivity index (χ2v) is 9.20. The average molecular weight is 418 g/mol. The first-order valence-electron chi connectivity index (χ1n) is 9.37. The molecule has 0 aromatic heterocycles. The summed E-state index contributed by atoms with van der Waals surface area (Å²) < 4.78 is 40.2. The molecule has 0 saturated heterocycles. The summed E-state index contributed by atoms with van der Waals surface area (Å²) in [5.41, 5.74) is 1.26. The van der Waals surface area contributed by atoms with Gasteiger partial charge in [0.2, 0.25) is 5.91 Å². The molecule has 0 spiro atoms. The molecule has 154 valence electrons. The fourth-order valence-corrected chi connectivity index (χ4v) is 4.48. The Balaban J connectivity index is 1.87. The molecule has 1 heterocycles. The molecule has 1 unspecified atom stereocenters. The van der Waals surface area contributed by atoms with Crippen molar-refractivity contribution in [3.63, 3.8) is 0 Å². The van der Waals surface area contributed by atoms with Crippen molar-refractivity contribution >= 4 is 21.8 Å². The maximum atomic E-state index is 13.1. The Bertz CT molecular complexity index is 1030. The molecule has 0 aliphatic carbocycles. The van der Waals surface area contributed by atoms with Crippen LogP contribution in [0.1, 0.15) is 31.4 Å². The van der Waals surface area contributed by atoms with E-state index in [9.17, 15) is 17.6 Å². The quantitative estimate of drug-likeness (QED) is 0.785. The van der Waals surface area contributed by atoms with Crippen molar-refractivity contribution in [2.75, 3.05) is 7.05 Å². The van der Waals surface area contributed by atoms with Crippen LogP contribution < -0.4 is 4.72 Å². The van der Waals surface area contributed by atoms with E-state index in [1.807, 2.05) is 13.8 Å². The summed E-state index contributed by atoms with van der Waals surface area (Å²) in [5.74, 6) is -0.186. The highest BCUT2D eigenvalue weighted by molar-refractivity contribution is 7.90. The van der Waals surface area contributed by atoms with Gasteiger partial charge in [0.25, 0.3) is 10.0 Å². The number of halogens is 1. The predicted octanol–water partition coefficient (Wildman–Crippen LogP) is 2.94. The minimum Gasteiger partial charge on any atom is -0.340 e. The normalized spacial score (nSPS) is 17.1. The van der Waals surface area contributed by atoms with Crippen molar-refractivity contribution in [3.8, 4) is 0 Å². The number of aliphatic imine (C=N–C) groups is 1. The first kappa shape index (κ1) is 21.0. The second-order valence-electron chi connectivity index (χ2n) is 7.55. The minimum absolute atomic E-state index is 0.161. The van der Waals surface area contributed by atoms with Gasteiger partial charge in [0.1, 0.15) is 17.7 Å². The van der Waals surface area contributed by atoms with Crippen molar-refractivity contribution in [2.45, 2.75) is 37.8 Å². The van der Waals surface area contributed by atoms with Crippen molar-refractivity contribution in [3.05, 3.63) is 65.5 Å². The summed E-state index contributed by atoms with van der Waals surface area (Å²) in [6, 6.07) is 11.8. The topological polar surface area (TPSA) is 78.8 Å². The predicted molar refractivity (Wildman–Crippen MR) is 109 cm³/mol. The summed E-state index contributed by atoms with van der Waals surface area (Å²) in [7, 11) is -2.01. The zero-order chi connectivity index (χ0) is 21.2. The molecule has 6 nitrogen and oxygen atoms in total. The molecule has 2 aromatic rings. The monoisotopic (exact) mass is 417 g/mol. The maximum Gasteiger partial charge on any atom is 0.263 e. The lowest BCUT2D eigenvalue weighted by Gasteiger charge is -2.23. The van der Waals surface area contributed by atoms with Gasteiger partial charge in [-0.05, 0) is 42.2 Å². The molecule has 0 saturated carbocycles. The van der Waals surface area contributed by atoms with Gasteiger partial charge in [-0.15, -0.1) is 0 Å². The third kappa shape index (κ3) is 4.82. The number of nitrogens with zero attached hydrogens (tertiary/aromatic N) is 2. The Morgan fingerprint density at radius 3 is 2.45 bits per heavy atom. The molecule has 0 bridgehead atoms. The Hall–Kier alpha value is -2.74. The van der Waals surface area contributed by atoms with Gasteiger partial charge in [0.05, 0.1) is 4.90 Å². The summed E-state index contributed by atoms with van der Waals surface area (Å²) in [4.78, 5) is 19.3. The minimum atomic E-state index is -3.67. The number of carbonyl (C=O) groups excluding carboxylic acids is 1. The third-order valence-corrected chi connectivity index (χ3v) is 6.03. The largest absolute Gasteiger partial charge is 0.340 e. The van der Waals surface area contributed by atoms with Crippen molar-refractivity contribution in [2.24, 2.45) is 10.9 Å². The van der Waals surface area contributed by atoms with Gasteiger partial charge in [0, 0.05) is 19.2 Å². The first-order valence-corrected chi connectivity index (χ1v) is 10.8. The second kappa shape index (κ2) is 8.32. The van der Waals surface area contributed by atoms with Gasteiger partial charge in [-0.2, -0.15) is 0 Å². The fraction of sp³-hybridized carbons (Fsp3) is 0.333. The Kier molecular flexibility index (Phi) is 6.02. The number of fused-ring (bicyclic) bond motifs is 1. The zero-order valence-electron chi connectivity index (χ0n) is 16.6. The highest BCUT2D eigenvalue weighted by Gasteiger charge is 2.32. The number of amidine groups is 1. The Morgan fingerprint density at radius 1 is 1.14 bits per heavy atom. The van der Waals surface area contributed by atoms with Crippen LogP contribution in [0.3, 0.4) is 0 Å². The number of amides is 1. The van der Waals surface area contributed by atoms with Crippen LogP contribution in [0.5, 0.6) is 0 Å². The zero-order valence-corrected chi connectivity index (χ0v) is 17.4. The van der Waals surface area contributed by atoms with Crippen LogP contribution in [0.4, 0.5) is 4.39 Å². The number of benzene rings is 2. The smallest absolute Gasteiger partial charge is 0.263 e. The molecule has 1 aliphatic rings. The van der Waals surface area contributed by atoms with E-state index in [1.54, 1.807) is 37.4 Å². The third-order valence-electron chi connectivity index (χ3n) is 4.64. The van der Waals surface area contributed by atoms with E-state index in [0.717, 1.165) is 5.56 Å². The number of carbonyl (C=O) groups is 1. The van der Waals surface area contributed by atoms with E-state index in [0.29, 0.717) is 18.5 Å². The molecule has 3 rings (SSSR count). The molecule has 29 heavy (non-hydrogen) atoms. The van der Waals surface area contributed by atoms with Gasteiger partial charge in [0.15, 0.2) is 0 Å². The van der Waals surface area contributed by atoms with E-state index in [1.165, 1.54) is 23.1 Å². The van der Waals surface area contributed by atoms with E-state index in [2.05, 4.69) is 9.71 Å². The van der Waals surface area contributed by atoms with Crippen LogP contribution >= 0.6 is 0 Å². The van der Waals surface area contributed by atoms with E-state index in [-0.39, 0.29) is 28.4 Å². The Labute approximate surface area is 170 Å². The van der Waals surface area contributed by atoms with Gasteiger partial charge in [-0.25, -0.2) is 12.8 Å². The number of rotatable bonds is 6. The lowest BCUT2D eigenvalue weighted by atomic mass is 10.0. The van der Waals surface area contributed by atoms with Gasteiger partial charge in [-0.3, -0.25) is 14.5 Å². The summed E-state index contributed by atoms with van der Waals surface area (Å²) in [5, 5.41) is 0. The highest BCUT2D eigenvalue weighted by Crippen LogP contribution is 2.24.